The van der Waals surface area contributed by atoms with E-state index in [1.807, 2.05) is 30.0 Å². The second kappa shape index (κ2) is 10.6. The predicted octanol–water partition coefficient (Wildman–Crippen LogP) is 3.87. The van der Waals surface area contributed by atoms with Gasteiger partial charge in [-0.05, 0) is 37.5 Å². The first-order chi connectivity index (χ1) is 12.2. The summed E-state index contributed by atoms with van der Waals surface area (Å²) in [5, 5.41) is 0.0354. The standard InChI is InChI=1S/C19H29NO4S/c1-4-6-11-23-12-7-10-20-18(21)14-25-19(20)15-8-9-16(22-3)17(13-15)24-5-2/h8-9,13,19H,4-7,10-12,14H2,1-3H3. The van der Waals surface area contributed by atoms with Crippen LogP contribution in [0.5, 0.6) is 11.5 Å². The third-order valence-electron chi connectivity index (χ3n) is 4.07. The molecule has 6 heteroatoms. The summed E-state index contributed by atoms with van der Waals surface area (Å²) in [4.78, 5) is 14.2. The predicted molar refractivity (Wildman–Crippen MR) is 101 cm³/mol. The first kappa shape index (κ1) is 19.9. The van der Waals surface area contributed by atoms with Gasteiger partial charge in [0.05, 0.1) is 19.5 Å². The van der Waals surface area contributed by atoms with E-state index in [4.69, 9.17) is 14.2 Å². The number of nitrogens with zero attached hydrogens (tertiary/aromatic N) is 1. The molecular formula is C19H29NO4S. The van der Waals surface area contributed by atoms with Crippen molar-refractivity contribution < 1.29 is 19.0 Å². The third-order valence-corrected chi connectivity index (χ3v) is 5.33. The molecule has 5 nitrogen and oxygen atoms in total. The number of unbranched alkanes of at least 4 members (excludes halogenated alkanes) is 1. The lowest BCUT2D eigenvalue weighted by atomic mass is 10.1. The quantitative estimate of drug-likeness (QED) is 0.556. The van der Waals surface area contributed by atoms with Crippen molar-refractivity contribution in [2.45, 2.75) is 38.5 Å². The molecule has 1 heterocycles. The molecule has 1 aromatic carbocycles. The molecule has 1 unspecified atom stereocenters. The Morgan fingerprint density at radius 3 is 2.72 bits per heavy atom. The van der Waals surface area contributed by atoms with Gasteiger partial charge in [-0.3, -0.25) is 4.79 Å². The molecule has 2 rings (SSSR count). The lowest BCUT2D eigenvalue weighted by Gasteiger charge is -2.25. The van der Waals surface area contributed by atoms with E-state index in [1.165, 1.54) is 0 Å². The van der Waals surface area contributed by atoms with E-state index in [2.05, 4.69) is 6.92 Å². The van der Waals surface area contributed by atoms with E-state index in [0.29, 0.717) is 19.0 Å². The van der Waals surface area contributed by atoms with Crippen LogP contribution in [-0.4, -0.2) is 50.0 Å². The van der Waals surface area contributed by atoms with Gasteiger partial charge in [-0.1, -0.05) is 19.4 Å². The minimum absolute atomic E-state index is 0.0354. The first-order valence-electron chi connectivity index (χ1n) is 9.00. The van der Waals surface area contributed by atoms with Gasteiger partial charge >= 0.3 is 0 Å². The Hall–Kier alpha value is -1.40. The van der Waals surface area contributed by atoms with E-state index in [-0.39, 0.29) is 11.3 Å². The molecule has 1 aromatic rings. The van der Waals surface area contributed by atoms with Crippen molar-refractivity contribution in [3.63, 3.8) is 0 Å². The minimum Gasteiger partial charge on any atom is -0.493 e. The maximum atomic E-state index is 12.3. The van der Waals surface area contributed by atoms with Crippen molar-refractivity contribution in [3.05, 3.63) is 23.8 Å². The Balaban J connectivity index is 1.99. The summed E-state index contributed by atoms with van der Waals surface area (Å²) >= 11 is 1.66. The summed E-state index contributed by atoms with van der Waals surface area (Å²) in [6.45, 7) is 6.91. The number of amides is 1. The second-order valence-corrected chi connectivity index (χ2v) is 6.98. The molecule has 1 amide bonds. The number of thioether (sulfide) groups is 1. The maximum absolute atomic E-state index is 12.3. The van der Waals surface area contributed by atoms with Gasteiger partial charge in [0.1, 0.15) is 5.37 Å². The van der Waals surface area contributed by atoms with Crippen molar-refractivity contribution >= 4 is 17.7 Å². The highest BCUT2D eigenvalue weighted by Gasteiger charge is 2.32. The smallest absolute Gasteiger partial charge is 0.233 e. The van der Waals surface area contributed by atoms with E-state index < -0.39 is 0 Å². The molecule has 0 bridgehead atoms. The van der Waals surface area contributed by atoms with Crippen molar-refractivity contribution in [2.24, 2.45) is 0 Å². The highest BCUT2D eigenvalue weighted by Crippen LogP contribution is 2.41. The van der Waals surface area contributed by atoms with E-state index in [9.17, 15) is 4.79 Å². The molecule has 1 aliphatic heterocycles. The summed E-state index contributed by atoms with van der Waals surface area (Å²) in [7, 11) is 1.64. The molecule has 1 aliphatic rings. The number of carbonyl (C=O) groups is 1. The molecule has 0 aliphatic carbocycles. The fourth-order valence-electron chi connectivity index (χ4n) is 2.77. The van der Waals surface area contributed by atoms with E-state index in [1.54, 1.807) is 18.9 Å². The Labute approximate surface area is 155 Å². The van der Waals surface area contributed by atoms with Crippen LogP contribution < -0.4 is 9.47 Å². The molecule has 0 aromatic heterocycles. The SMILES string of the molecule is CCCCOCCCN1C(=O)CSC1c1ccc(OC)c(OCC)c1. The summed E-state index contributed by atoms with van der Waals surface area (Å²) in [6, 6.07) is 5.92. The van der Waals surface area contributed by atoms with Gasteiger partial charge in [0.25, 0.3) is 0 Å². The van der Waals surface area contributed by atoms with Crippen LogP contribution >= 0.6 is 11.8 Å². The van der Waals surface area contributed by atoms with E-state index in [0.717, 1.165) is 49.5 Å². The molecule has 0 saturated carbocycles. The van der Waals surface area contributed by atoms with Gasteiger partial charge < -0.3 is 19.1 Å². The van der Waals surface area contributed by atoms with Crippen LogP contribution in [0.4, 0.5) is 0 Å². The second-order valence-electron chi connectivity index (χ2n) is 5.91. The van der Waals surface area contributed by atoms with Crippen molar-refractivity contribution in [3.8, 4) is 11.5 Å². The molecule has 140 valence electrons. The fraction of sp³-hybridized carbons (Fsp3) is 0.632. The minimum atomic E-state index is 0.0354. The zero-order valence-corrected chi connectivity index (χ0v) is 16.3. The molecule has 1 atom stereocenters. The van der Waals surface area contributed by atoms with Crippen molar-refractivity contribution in [1.82, 2.24) is 4.90 Å². The summed E-state index contributed by atoms with van der Waals surface area (Å²) in [5.74, 6) is 2.16. The van der Waals surface area contributed by atoms with Crippen LogP contribution in [-0.2, 0) is 9.53 Å². The Morgan fingerprint density at radius 2 is 2.00 bits per heavy atom. The van der Waals surface area contributed by atoms with Gasteiger partial charge in [-0.2, -0.15) is 0 Å². The van der Waals surface area contributed by atoms with Crippen LogP contribution in [0.1, 0.15) is 44.0 Å². The average Bonchev–Trinajstić information content (AvgIpc) is 2.99. The Kier molecular flexibility index (Phi) is 8.41. The number of ether oxygens (including phenoxy) is 3. The highest BCUT2D eigenvalue weighted by atomic mass is 32.2. The molecule has 1 saturated heterocycles. The maximum Gasteiger partial charge on any atom is 0.233 e. The zero-order chi connectivity index (χ0) is 18.1. The van der Waals surface area contributed by atoms with Crippen LogP contribution in [0.15, 0.2) is 18.2 Å². The molecule has 1 fully saturated rings. The van der Waals surface area contributed by atoms with E-state index >= 15 is 0 Å². The van der Waals surface area contributed by atoms with Crippen LogP contribution in [0, 0.1) is 0 Å². The van der Waals surface area contributed by atoms with Gasteiger partial charge in [-0.25, -0.2) is 0 Å². The number of rotatable bonds is 11. The lowest BCUT2D eigenvalue weighted by molar-refractivity contribution is -0.128. The van der Waals surface area contributed by atoms with Crippen LogP contribution in [0.3, 0.4) is 0 Å². The highest BCUT2D eigenvalue weighted by molar-refractivity contribution is 8.00. The average molecular weight is 368 g/mol. The number of carbonyl (C=O) groups excluding carboxylic acids is 1. The zero-order valence-electron chi connectivity index (χ0n) is 15.5. The number of hydrogen-bond donors (Lipinski definition) is 0. The summed E-state index contributed by atoms with van der Waals surface area (Å²) in [6.07, 6.45) is 3.09. The molecule has 25 heavy (non-hydrogen) atoms. The summed E-state index contributed by atoms with van der Waals surface area (Å²) < 4.78 is 16.6. The van der Waals surface area contributed by atoms with Gasteiger partial charge in [-0.15, -0.1) is 11.8 Å². The fourth-order valence-corrected chi connectivity index (χ4v) is 3.98. The number of hydrogen-bond acceptors (Lipinski definition) is 5. The van der Waals surface area contributed by atoms with Crippen LogP contribution in [0.25, 0.3) is 0 Å². The monoisotopic (exact) mass is 367 g/mol. The van der Waals surface area contributed by atoms with Gasteiger partial charge in [0.15, 0.2) is 11.5 Å². The van der Waals surface area contributed by atoms with Crippen LogP contribution in [0.2, 0.25) is 0 Å². The number of methoxy groups -OCH3 is 1. The van der Waals surface area contributed by atoms with Gasteiger partial charge in [0.2, 0.25) is 5.91 Å². The third kappa shape index (κ3) is 5.54. The molecular weight excluding hydrogens is 338 g/mol. The Morgan fingerprint density at radius 1 is 1.20 bits per heavy atom. The molecule has 0 N–H and O–H groups in total. The first-order valence-corrected chi connectivity index (χ1v) is 10.1. The topological polar surface area (TPSA) is 48.0 Å². The van der Waals surface area contributed by atoms with Crippen molar-refractivity contribution in [2.75, 3.05) is 39.2 Å². The Bertz CT molecular complexity index is 552. The van der Waals surface area contributed by atoms with Gasteiger partial charge in [0, 0.05) is 19.8 Å². The normalized spacial score (nSPS) is 17.2. The molecule has 0 spiro atoms. The summed E-state index contributed by atoms with van der Waals surface area (Å²) in [5.41, 5.74) is 1.08. The largest absolute Gasteiger partial charge is 0.493 e. The molecule has 0 radical (unpaired) electrons. The number of benzene rings is 1. The lowest BCUT2D eigenvalue weighted by Crippen LogP contribution is -2.30. The van der Waals surface area contributed by atoms with Crippen molar-refractivity contribution in [1.29, 1.82) is 0 Å².